The standard InChI is InChI=1S/C4H6O3.2Ba.4H/c1-3(5)7-4(2)6;;;;;;/h1-2H3;;;;;;. The van der Waals surface area contributed by atoms with Crippen LogP contribution in [0.5, 0.6) is 0 Å². The van der Waals surface area contributed by atoms with Crippen LogP contribution >= 0.6 is 0 Å². The average Bonchev–Trinajstić information content (AvgIpc) is 1.27. The molecule has 5 heteroatoms. The molecule has 0 spiro atoms. The third-order valence-corrected chi connectivity index (χ3v) is 0.287. The third-order valence-electron chi connectivity index (χ3n) is 0.287. The topological polar surface area (TPSA) is 43.4 Å². The Morgan fingerprint density at radius 1 is 1.00 bits per heavy atom. The minimum atomic E-state index is -0.562. The zero-order chi connectivity index (χ0) is 5.86. The summed E-state index contributed by atoms with van der Waals surface area (Å²) in [5.74, 6) is -1.12. The van der Waals surface area contributed by atoms with Crippen molar-refractivity contribution >= 4 is 110 Å². The molecule has 48 valence electrons. The molecule has 0 radical (unpaired) electrons. The van der Waals surface area contributed by atoms with Crippen molar-refractivity contribution in [3.8, 4) is 0 Å². The van der Waals surface area contributed by atoms with Gasteiger partial charge in [-0.2, -0.15) is 0 Å². The molecule has 0 atom stereocenters. The normalized spacial score (nSPS) is 6.00. The fourth-order valence-corrected chi connectivity index (χ4v) is 0.202. The summed E-state index contributed by atoms with van der Waals surface area (Å²) in [5.41, 5.74) is 0. The van der Waals surface area contributed by atoms with Crippen LogP contribution < -0.4 is 0 Å². The SMILES string of the molecule is CC(=O)OC(C)=O.[BaH2].[BaH2]. The number of esters is 2. The van der Waals surface area contributed by atoms with E-state index in [-0.39, 0.29) is 97.8 Å². The third kappa shape index (κ3) is 17.9. The summed E-state index contributed by atoms with van der Waals surface area (Å²) in [4.78, 5) is 19.6. The van der Waals surface area contributed by atoms with Crippen LogP contribution in [0.2, 0.25) is 0 Å². The Balaban J connectivity index is -0.000000180. The number of carbonyl (C=O) groups excluding carboxylic acids is 2. The molecule has 0 unspecified atom stereocenters. The molecule has 0 saturated heterocycles. The van der Waals surface area contributed by atoms with Gasteiger partial charge in [0.05, 0.1) is 0 Å². The Morgan fingerprint density at radius 2 is 1.22 bits per heavy atom. The van der Waals surface area contributed by atoms with Crippen LogP contribution in [0.15, 0.2) is 0 Å². The molecule has 0 rings (SSSR count). The number of carbonyl (C=O) groups is 2. The predicted octanol–water partition coefficient (Wildman–Crippen LogP) is -1.74. The Bertz CT molecular complexity index is 90.0. The van der Waals surface area contributed by atoms with Gasteiger partial charge in [-0.05, 0) is 0 Å². The summed E-state index contributed by atoms with van der Waals surface area (Å²) in [5, 5.41) is 0. The molecule has 0 aromatic heterocycles. The summed E-state index contributed by atoms with van der Waals surface area (Å²) in [6, 6.07) is 0. The molecule has 0 bridgehead atoms. The monoisotopic (exact) mass is 382 g/mol. The maximum absolute atomic E-state index is 9.81. The first kappa shape index (κ1) is 17.4. The van der Waals surface area contributed by atoms with Crippen molar-refractivity contribution in [2.45, 2.75) is 13.8 Å². The van der Waals surface area contributed by atoms with E-state index in [0.29, 0.717) is 0 Å². The van der Waals surface area contributed by atoms with Crippen molar-refractivity contribution in [2.24, 2.45) is 0 Å². The minimum absolute atomic E-state index is 0. The molecule has 0 fully saturated rings. The Hall–Kier alpha value is 2.28. The van der Waals surface area contributed by atoms with Crippen molar-refractivity contribution in [3.63, 3.8) is 0 Å². The van der Waals surface area contributed by atoms with Crippen molar-refractivity contribution in [1.29, 1.82) is 0 Å². The van der Waals surface area contributed by atoms with E-state index in [1.165, 1.54) is 13.8 Å². The summed E-state index contributed by atoms with van der Waals surface area (Å²) in [6.45, 7) is 2.36. The van der Waals surface area contributed by atoms with Gasteiger partial charge in [-0.1, -0.05) is 0 Å². The molecular formula is C4H10Ba2O3. The van der Waals surface area contributed by atoms with Crippen molar-refractivity contribution in [3.05, 3.63) is 0 Å². The second-order valence-electron chi connectivity index (χ2n) is 1.09. The molecule has 0 N–H and O–H groups in total. The average molecular weight is 381 g/mol. The summed E-state index contributed by atoms with van der Waals surface area (Å²) in [6.07, 6.45) is 0. The second-order valence-corrected chi connectivity index (χ2v) is 1.09. The van der Waals surface area contributed by atoms with Gasteiger partial charge < -0.3 is 4.74 Å². The first-order valence-corrected chi connectivity index (χ1v) is 1.82. The fourth-order valence-electron chi connectivity index (χ4n) is 0.202. The summed E-state index contributed by atoms with van der Waals surface area (Å²) in [7, 11) is 0. The van der Waals surface area contributed by atoms with Crippen LogP contribution in [-0.4, -0.2) is 110 Å². The summed E-state index contributed by atoms with van der Waals surface area (Å²) < 4.78 is 3.97. The van der Waals surface area contributed by atoms with Crippen LogP contribution in [0.1, 0.15) is 13.8 Å². The van der Waals surface area contributed by atoms with E-state index in [1.54, 1.807) is 0 Å². The van der Waals surface area contributed by atoms with Crippen LogP contribution in [0, 0.1) is 0 Å². The van der Waals surface area contributed by atoms with Gasteiger partial charge in [0.25, 0.3) is 0 Å². The van der Waals surface area contributed by atoms with Gasteiger partial charge in [-0.25, -0.2) is 0 Å². The molecule has 0 aromatic carbocycles. The van der Waals surface area contributed by atoms with Crippen LogP contribution in [0.4, 0.5) is 0 Å². The molecule has 0 aromatic rings. The summed E-state index contributed by atoms with van der Waals surface area (Å²) >= 11 is 0. The van der Waals surface area contributed by atoms with Crippen LogP contribution in [0.3, 0.4) is 0 Å². The van der Waals surface area contributed by atoms with Crippen LogP contribution in [0.25, 0.3) is 0 Å². The number of ether oxygens (including phenoxy) is 1. The van der Waals surface area contributed by atoms with Crippen molar-refractivity contribution in [2.75, 3.05) is 0 Å². The van der Waals surface area contributed by atoms with E-state index >= 15 is 0 Å². The number of hydrogen-bond donors (Lipinski definition) is 0. The molecule has 0 amide bonds. The zero-order valence-electron chi connectivity index (χ0n) is 4.22. The fraction of sp³-hybridized carbons (Fsp3) is 0.500. The number of hydrogen-bond acceptors (Lipinski definition) is 3. The van der Waals surface area contributed by atoms with E-state index in [9.17, 15) is 9.59 Å². The van der Waals surface area contributed by atoms with Crippen molar-refractivity contribution < 1.29 is 14.3 Å². The van der Waals surface area contributed by atoms with E-state index in [4.69, 9.17) is 0 Å². The first-order chi connectivity index (χ1) is 3.13. The molecule has 9 heavy (non-hydrogen) atoms. The Kier molecular flexibility index (Phi) is 19.9. The maximum atomic E-state index is 9.81. The van der Waals surface area contributed by atoms with Gasteiger partial charge in [-0.15, -0.1) is 0 Å². The quantitative estimate of drug-likeness (QED) is 0.285. The second kappa shape index (κ2) is 10.3. The molecule has 0 heterocycles. The van der Waals surface area contributed by atoms with Gasteiger partial charge in [0.1, 0.15) is 0 Å². The van der Waals surface area contributed by atoms with E-state index in [1.807, 2.05) is 0 Å². The molecule has 0 saturated carbocycles. The van der Waals surface area contributed by atoms with Gasteiger partial charge >= 0.3 is 110 Å². The first-order valence-electron chi connectivity index (χ1n) is 1.82. The van der Waals surface area contributed by atoms with E-state index in [2.05, 4.69) is 4.74 Å². The zero-order valence-corrected chi connectivity index (χ0v) is 4.22. The predicted molar refractivity (Wildman–Crippen MR) is 39.5 cm³/mol. The molecule has 0 aliphatic carbocycles. The Morgan fingerprint density at radius 3 is 1.22 bits per heavy atom. The van der Waals surface area contributed by atoms with E-state index in [0.717, 1.165) is 0 Å². The van der Waals surface area contributed by atoms with Crippen molar-refractivity contribution in [1.82, 2.24) is 0 Å². The number of rotatable bonds is 0. The Labute approximate surface area is 134 Å². The molecule has 3 nitrogen and oxygen atoms in total. The molecule has 0 aliphatic rings. The van der Waals surface area contributed by atoms with E-state index < -0.39 is 11.9 Å². The molecular weight excluding hydrogens is 371 g/mol. The van der Waals surface area contributed by atoms with Gasteiger partial charge in [0.15, 0.2) is 0 Å². The van der Waals surface area contributed by atoms with Gasteiger partial charge in [-0.3, -0.25) is 9.59 Å². The van der Waals surface area contributed by atoms with Gasteiger partial charge in [0.2, 0.25) is 0 Å². The van der Waals surface area contributed by atoms with Crippen LogP contribution in [-0.2, 0) is 14.3 Å². The van der Waals surface area contributed by atoms with Gasteiger partial charge in [0, 0.05) is 13.8 Å². The molecule has 0 aliphatic heterocycles.